The van der Waals surface area contributed by atoms with E-state index >= 15 is 0 Å². The second kappa shape index (κ2) is 7.32. The van der Waals surface area contributed by atoms with Gasteiger partial charge in [-0.1, -0.05) is 30.3 Å². The maximum absolute atomic E-state index is 12.2. The van der Waals surface area contributed by atoms with Crippen LogP contribution in [0.2, 0.25) is 0 Å². The summed E-state index contributed by atoms with van der Waals surface area (Å²) in [6, 6.07) is 14.1. The zero-order valence-corrected chi connectivity index (χ0v) is 13.1. The van der Waals surface area contributed by atoms with E-state index in [9.17, 15) is 18.5 Å². The molecule has 122 valence electrons. The molecule has 2 aromatic carbocycles. The number of nitro groups is 1. The summed E-state index contributed by atoms with van der Waals surface area (Å²) < 4.78 is 27.0. The van der Waals surface area contributed by atoms with Crippen LogP contribution in [0, 0.1) is 10.1 Å². The van der Waals surface area contributed by atoms with E-state index in [0.717, 1.165) is 17.7 Å². The van der Waals surface area contributed by atoms with Gasteiger partial charge in [0.15, 0.2) is 0 Å². The van der Waals surface area contributed by atoms with Gasteiger partial charge in [-0.15, -0.1) is 0 Å². The second-order valence-corrected chi connectivity index (χ2v) is 6.71. The Kier molecular flexibility index (Phi) is 5.43. The Hall–Kier alpha value is -2.29. The molecule has 0 aliphatic carbocycles. The van der Waals surface area contributed by atoms with Crippen molar-refractivity contribution in [2.24, 2.45) is 5.73 Å². The summed E-state index contributed by atoms with van der Waals surface area (Å²) in [6.07, 6.45) is 0. The molecule has 0 fully saturated rings. The van der Waals surface area contributed by atoms with E-state index in [1.165, 1.54) is 12.1 Å². The van der Waals surface area contributed by atoms with Crippen molar-refractivity contribution >= 4 is 15.7 Å². The Labute approximate surface area is 134 Å². The van der Waals surface area contributed by atoms with E-state index in [0.29, 0.717) is 6.54 Å². The van der Waals surface area contributed by atoms with E-state index in [-0.39, 0.29) is 23.0 Å². The first-order valence-corrected chi connectivity index (χ1v) is 8.41. The van der Waals surface area contributed by atoms with Crippen LogP contribution >= 0.6 is 0 Å². The Morgan fingerprint density at radius 3 is 2.22 bits per heavy atom. The lowest BCUT2D eigenvalue weighted by molar-refractivity contribution is -0.384. The lowest BCUT2D eigenvalue weighted by Gasteiger charge is -2.16. The zero-order chi connectivity index (χ0) is 16.9. The number of benzene rings is 2. The van der Waals surface area contributed by atoms with Crippen LogP contribution in [0.4, 0.5) is 5.69 Å². The number of hydrogen-bond acceptors (Lipinski definition) is 5. The zero-order valence-electron chi connectivity index (χ0n) is 12.3. The molecule has 0 amide bonds. The van der Waals surface area contributed by atoms with Gasteiger partial charge in [0.05, 0.1) is 9.82 Å². The number of rotatable bonds is 7. The minimum absolute atomic E-state index is 0.0214. The Morgan fingerprint density at radius 1 is 1.09 bits per heavy atom. The van der Waals surface area contributed by atoms with Crippen LogP contribution in [0.3, 0.4) is 0 Å². The minimum atomic E-state index is -3.74. The van der Waals surface area contributed by atoms with Gasteiger partial charge in [-0.3, -0.25) is 10.1 Å². The highest BCUT2D eigenvalue weighted by Crippen LogP contribution is 2.17. The SMILES string of the molecule is NCC(CNS(=O)(=O)c1ccc([N+](=O)[O-])cc1)c1ccccc1. The van der Waals surface area contributed by atoms with Gasteiger partial charge in [-0.05, 0) is 17.7 Å². The number of sulfonamides is 1. The molecule has 0 saturated carbocycles. The number of nitrogens with two attached hydrogens (primary N) is 1. The molecular formula is C15H17N3O4S. The Balaban J connectivity index is 2.10. The summed E-state index contributed by atoms with van der Waals surface area (Å²) in [7, 11) is -3.74. The molecule has 0 bridgehead atoms. The molecule has 2 rings (SSSR count). The van der Waals surface area contributed by atoms with Crippen LogP contribution in [0.5, 0.6) is 0 Å². The van der Waals surface area contributed by atoms with Crippen molar-refractivity contribution in [2.45, 2.75) is 10.8 Å². The molecule has 1 unspecified atom stereocenters. The van der Waals surface area contributed by atoms with Gasteiger partial charge in [0.2, 0.25) is 10.0 Å². The van der Waals surface area contributed by atoms with Crippen LogP contribution in [0.15, 0.2) is 59.5 Å². The predicted molar refractivity (Wildman–Crippen MR) is 86.5 cm³/mol. The highest BCUT2D eigenvalue weighted by Gasteiger charge is 2.18. The highest BCUT2D eigenvalue weighted by molar-refractivity contribution is 7.89. The minimum Gasteiger partial charge on any atom is -0.330 e. The van der Waals surface area contributed by atoms with Crippen molar-refractivity contribution in [3.8, 4) is 0 Å². The quantitative estimate of drug-likeness (QED) is 0.589. The average Bonchev–Trinajstić information content (AvgIpc) is 2.56. The molecule has 0 saturated heterocycles. The molecular weight excluding hydrogens is 318 g/mol. The molecule has 1 atom stereocenters. The van der Waals surface area contributed by atoms with E-state index in [2.05, 4.69) is 4.72 Å². The molecule has 8 heteroatoms. The number of nitrogens with one attached hydrogen (secondary N) is 1. The first-order chi connectivity index (χ1) is 10.9. The van der Waals surface area contributed by atoms with Crippen molar-refractivity contribution in [3.05, 3.63) is 70.3 Å². The predicted octanol–water partition coefficient (Wildman–Crippen LogP) is 1.62. The summed E-state index contributed by atoms with van der Waals surface area (Å²) in [4.78, 5) is 10.00. The fraction of sp³-hybridized carbons (Fsp3) is 0.200. The Bertz CT molecular complexity index is 761. The van der Waals surface area contributed by atoms with Gasteiger partial charge in [-0.2, -0.15) is 0 Å². The number of nitrogens with zero attached hydrogens (tertiary/aromatic N) is 1. The molecule has 0 radical (unpaired) electrons. The number of non-ortho nitro benzene ring substituents is 1. The van der Waals surface area contributed by atoms with Gasteiger partial charge in [0.1, 0.15) is 0 Å². The van der Waals surface area contributed by atoms with Crippen molar-refractivity contribution < 1.29 is 13.3 Å². The van der Waals surface area contributed by atoms with Crippen LogP contribution < -0.4 is 10.5 Å². The van der Waals surface area contributed by atoms with Gasteiger partial charge in [0.25, 0.3) is 5.69 Å². The van der Waals surface area contributed by atoms with Crippen molar-refractivity contribution in [3.63, 3.8) is 0 Å². The first-order valence-electron chi connectivity index (χ1n) is 6.93. The molecule has 0 aromatic heterocycles. The molecule has 0 spiro atoms. The molecule has 0 aliphatic rings. The van der Waals surface area contributed by atoms with Crippen LogP contribution in [-0.4, -0.2) is 26.4 Å². The topological polar surface area (TPSA) is 115 Å². The molecule has 0 aliphatic heterocycles. The molecule has 3 N–H and O–H groups in total. The maximum atomic E-state index is 12.2. The molecule has 7 nitrogen and oxygen atoms in total. The van der Waals surface area contributed by atoms with Crippen molar-refractivity contribution in [2.75, 3.05) is 13.1 Å². The summed E-state index contributed by atoms with van der Waals surface area (Å²) >= 11 is 0. The second-order valence-electron chi connectivity index (χ2n) is 4.95. The summed E-state index contributed by atoms with van der Waals surface area (Å²) in [6.45, 7) is 0.451. The normalized spacial score (nSPS) is 12.7. The monoisotopic (exact) mass is 335 g/mol. The van der Waals surface area contributed by atoms with E-state index < -0.39 is 14.9 Å². The van der Waals surface area contributed by atoms with Crippen LogP contribution in [0.1, 0.15) is 11.5 Å². The van der Waals surface area contributed by atoms with Crippen LogP contribution in [0.25, 0.3) is 0 Å². The Morgan fingerprint density at radius 2 is 1.70 bits per heavy atom. The fourth-order valence-electron chi connectivity index (χ4n) is 2.10. The average molecular weight is 335 g/mol. The highest BCUT2D eigenvalue weighted by atomic mass is 32.2. The lowest BCUT2D eigenvalue weighted by atomic mass is 10.00. The molecule has 0 heterocycles. The smallest absolute Gasteiger partial charge is 0.269 e. The third-order valence-electron chi connectivity index (χ3n) is 3.43. The van der Waals surface area contributed by atoms with Crippen molar-refractivity contribution in [1.29, 1.82) is 0 Å². The standard InChI is InChI=1S/C15H17N3O4S/c16-10-13(12-4-2-1-3-5-12)11-17-23(21,22)15-8-6-14(7-9-15)18(19)20/h1-9,13,17H,10-11,16H2. The van der Waals surface area contributed by atoms with E-state index in [1.807, 2.05) is 30.3 Å². The molecule has 2 aromatic rings. The van der Waals surface area contributed by atoms with Crippen LogP contribution in [-0.2, 0) is 10.0 Å². The molecule has 23 heavy (non-hydrogen) atoms. The largest absolute Gasteiger partial charge is 0.330 e. The van der Waals surface area contributed by atoms with E-state index in [4.69, 9.17) is 5.73 Å². The first kappa shape index (κ1) is 17.1. The lowest BCUT2D eigenvalue weighted by Crippen LogP contribution is -2.31. The third-order valence-corrected chi connectivity index (χ3v) is 4.87. The van der Waals surface area contributed by atoms with E-state index in [1.54, 1.807) is 0 Å². The summed E-state index contributed by atoms with van der Waals surface area (Å²) in [5, 5.41) is 10.6. The summed E-state index contributed by atoms with van der Waals surface area (Å²) in [5.74, 6) is -0.149. The maximum Gasteiger partial charge on any atom is 0.269 e. The van der Waals surface area contributed by atoms with Gasteiger partial charge in [-0.25, -0.2) is 13.1 Å². The summed E-state index contributed by atoms with van der Waals surface area (Å²) in [5.41, 5.74) is 6.50. The van der Waals surface area contributed by atoms with Gasteiger partial charge in [0, 0.05) is 31.1 Å². The fourth-order valence-corrected chi connectivity index (χ4v) is 3.18. The van der Waals surface area contributed by atoms with Gasteiger partial charge < -0.3 is 5.73 Å². The van der Waals surface area contributed by atoms with Gasteiger partial charge >= 0.3 is 0 Å². The number of nitro benzene ring substituents is 1. The van der Waals surface area contributed by atoms with Crippen molar-refractivity contribution in [1.82, 2.24) is 4.72 Å². The number of hydrogen-bond donors (Lipinski definition) is 2. The third kappa shape index (κ3) is 4.35.